The van der Waals surface area contributed by atoms with E-state index in [-0.39, 0.29) is 0 Å². The van der Waals surface area contributed by atoms with E-state index < -0.39 is 0 Å². The van der Waals surface area contributed by atoms with Gasteiger partial charge in [-0.2, -0.15) is 0 Å². The van der Waals surface area contributed by atoms with Crippen molar-refractivity contribution in [3.8, 4) is 11.5 Å². The molecule has 2 rings (SSSR count). The first kappa shape index (κ1) is 12.2. The number of nitrogens with two attached hydrogens (primary N) is 1. The quantitative estimate of drug-likeness (QED) is 0.856. The normalized spacial score (nSPS) is 19.9. The van der Waals surface area contributed by atoms with E-state index in [0.29, 0.717) is 12.5 Å². The molecule has 4 nitrogen and oxygen atoms in total. The summed E-state index contributed by atoms with van der Waals surface area (Å²) in [5.74, 6) is 2.08. The summed E-state index contributed by atoms with van der Waals surface area (Å²) in [6, 6.07) is 4.02. The van der Waals surface area contributed by atoms with Crippen LogP contribution in [0.2, 0.25) is 0 Å². The van der Waals surface area contributed by atoms with Crippen molar-refractivity contribution in [3.05, 3.63) is 23.3 Å². The van der Waals surface area contributed by atoms with Gasteiger partial charge in [-0.25, -0.2) is 0 Å². The number of ether oxygens (including phenoxy) is 2. The van der Waals surface area contributed by atoms with Crippen molar-refractivity contribution in [2.75, 3.05) is 34.4 Å². The van der Waals surface area contributed by atoms with Gasteiger partial charge >= 0.3 is 0 Å². The van der Waals surface area contributed by atoms with Gasteiger partial charge in [0.1, 0.15) is 11.5 Å². The van der Waals surface area contributed by atoms with Gasteiger partial charge in [0.2, 0.25) is 0 Å². The Kier molecular flexibility index (Phi) is 3.54. The minimum Gasteiger partial charge on any atom is -0.497 e. The Hall–Kier alpha value is -1.26. The molecule has 1 aliphatic heterocycles. The van der Waals surface area contributed by atoms with Crippen LogP contribution >= 0.6 is 0 Å². The van der Waals surface area contributed by atoms with Crippen molar-refractivity contribution in [1.82, 2.24) is 4.90 Å². The Morgan fingerprint density at radius 3 is 2.71 bits per heavy atom. The second kappa shape index (κ2) is 4.94. The van der Waals surface area contributed by atoms with Crippen molar-refractivity contribution < 1.29 is 9.47 Å². The zero-order valence-corrected chi connectivity index (χ0v) is 10.7. The maximum Gasteiger partial charge on any atom is 0.127 e. The van der Waals surface area contributed by atoms with Crippen LogP contribution in [0.1, 0.15) is 17.0 Å². The molecule has 0 spiro atoms. The Balaban J connectivity index is 2.51. The Morgan fingerprint density at radius 1 is 1.35 bits per heavy atom. The highest BCUT2D eigenvalue weighted by Gasteiger charge is 2.25. The van der Waals surface area contributed by atoms with E-state index in [1.807, 2.05) is 6.07 Å². The molecule has 2 N–H and O–H groups in total. The molecule has 1 aliphatic rings. The van der Waals surface area contributed by atoms with Crippen molar-refractivity contribution in [1.29, 1.82) is 0 Å². The summed E-state index contributed by atoms with van der Waals surface area (Å²) in [6.07, 6.45) is 0. The molecule has 17 heavy (non-hydrogen) atoms. The van der Waals surface area contributed by atoms with Crippen molar-refractivity contribution in [2.45, 2.75) is 12.5 Å². The summed E-state index contributed by atoms with van der Waals surface area (Å²) in [5, 5.41) is 0. The first-order chi connectivity index (χ1) is 8.19. The second-order valence-corrected chi connectivity index (χ2v) is 4.53. The van der Waals surface area contributed by atoms with Crippen LogP contribution in [-0.4, -0.2) is 39.3 Å². The van der Waals surface area contributed by atoms with E-state index in [1.54, 1.807) is 14.2 Å². The molecule has 0 bridgehead atoms. The standard InChI is InChI=1S/C13H20N2O2/c1-15-7-9(6-14)11-4-10(16-2)5-13(17-3)12(11)8-15/h4-5,9H,6-8,14H2,1-3H3. The third-order valence-electron chi connectivity index (χ3n) is 3.36. The number of hydrogen-bond acceptors (Lipinski definition) is 4. The minimum atomic E-state index is 0.354. The fourth-order valence-electron chi connectivity index (χ4n) is 2.48. The average molecular weight is 236 g/mol. The molecule has 1 aromatic carbocycles. The van der Waals surface area contributed by atoms with E-state index >= 15 is 0 Å². The molecule has 0 aromatic heterocycles. The summed E-state index contributed by atoms with van der Waals surface area (Å²) < 4.78 is 10.8. The van der Waals surface area contributed by atoms with Gasteiger partial charge in [0.25, 0.3) is 0 Å². The number of likely N-dealkylation sites (N-methyl/N-ethyl adjacent to an activating group) is 1. The lowest BCUT2D eigenvalue weighted by molar-refractivity contribution is 0.273. The summed E-state index contributed by atoms with van der Waals surface area (Å²) in [6.45, 7) is 2.53. The van der Waals surface area contributed by atoms with E-state index in [9.17, 15) is 0 Å². The van der Waals surface area contributed by atoms with Gasteiger partial charge in [0, 0.05) is 37.2 Å². The lowest BCUT2D eigenvalue weighted by atomic mass is 9.89. The number of rotatable bonds is 3. The fourth-order valence-corrected chi connectivity index (χ4v) is 2.48. The van der Waals surface area contributed by atoms with Crippen molar-refractivity contribution >= 4 is 0 Å². The van der Waals surface area contributed by atoms with Gasteiger partial charge in [0.05, 0.1) is 14.2 Å². The molecular formula is C13H20N2O2. The summed E-state index contributed by atoms with van der Waals surface area (Å²) in [4.78, 5) is 2.27. The molecule has 1 heterocycles. The number of methoxy groups -OCH3 is 2. The van der Waals surface area contributed by atoms with Gasteiger partial charge in [-0.1, -0.05) is 0 Å². The van der Waals surface area contributed by atoms with Crippen LogP contribution < -0.4 is 15.2 Å². The zero-order chi connectivity index (χ0) is 12.4. The topological polar surface area (TPSA) is 47.7 Å². The van der Waals surface area contributed by atoms with Crippen molar-refractivity contribution in [3.63, 3.8) is 0 Å². The van der Waals surface area contributed by atoms with Crippen LogP contribution in [0, 0.1) is 0 Å². The highest BCUT2D eigenvalue weighted by atomic mass is 16.5. The predicted molar refractivity (Wildman–Crippen MR) is 67.7 cm³/mol. The van der Waals surface area contributed by atoms with Crippen LogP contribution in [-0.2, 0) is 6.54 Å². The SMILES string of the molecule is COc1cc(OC)c2c(c1)C(CN)CN(C)C2. The Labute approximate surface area is 102 Å². The largest absolute Gasteiger partial charge is 0.497 e. The maximum atomic E-state index is 5.86. The van der Waals surface area contributed by atoms with Gasteiger partial charge in [-0.15, -0.1) is 0 Å². The fraction of sp³-hybridized carbons (Fsp3) is 0.538. The highest BCUT2D eigenvalue weighted by Crippen LogP contribution is 2.36. The minimum absolute atomic E-state index is 0.354. The molecular weight excluding hydrogens is 216 g/mol. The Bertz CT molecular complexity index is 407. The van der Waals surface area contributed by atoms with Crippen molar-refractivity contribution in [2.24, 2.45) is 5.73 Å². The van der Waals surface area contributed by atoms with E-state index in [0.717, 1.165) is 24.6 Å². The Morgan fingerprint density at radius 2 is 2.12 bits per heavy atom. The van der Waals surface area contributed by atoms with E-state index in [4.69, 9.17) is 15.2 Å². The second-order valence-electron chi connectivity index (χ2n) is 4.53. The molecule has 0 saturated carbocycles. The third-order valence-corrected chi connectivity index (χ3v) is 3.36. The molecule has 0 amide bonds. The molecule has 1 unspecified atom stereocenters. The molecule has 0 radical (unpaired) electrons. The van der Waals surface area contributed by atoms with Gasteiger partial charge in [0.15, 0.2) is 0 Å². The number of hydrogen-bond donors (Lipinski definition) is 1. The van der Waals surface area contributed by atoms with Crippen LogP contribution in [0.25, 0.3) is 0 Å². The first-order valence-corrected chi connectivity index (χ1v) is 5.83. The molecule has 0 aliphatic carbocycles. The molecule has 94 valence electrons. The summed E-state index contributed by atoms with van der Waals surface area (Å²) >= 11 is 0. The molecule has 0 fully saturated rings. The number of benzene rings is 1. The molecule has 1 atom stereocenters. The van der Waals surface area contributed by atoms with Crippen LogP contribution in [0.3, 0.4) is 0 Å². The van der Waals surface area contributed by atoms with E-state index in [2.05, 4.69) is 18.0 Å². The lowest BCUT2D eigenvalue weighted by Gasteiger charge is -2.32. The number of fused-ring (bicyclic) bond motifs is 1. The first-order valence-electron chi connectivity index (χ1n) is 5.83. The molecule has 0 saturated heterocycles. The zero-order valence-electron chi connectivity index (χ0n) is 10.7. The van der Waals surface area contributed by atoms with Gasteiger partial charge in [-0.3, -0.25) is 0 Å². The third kappa shape index (κ3) is 2.23. The van der Waals surface area contributed by atoms with Gasteiger partial charge < -0.3 is 20.1 Å². The van der Waals surface area contributed by atoms with Crippen LogP contribution in [0.5, 0.6) is 11.5 Å². The van der Waals surface area contributed by atoms with Crippen LogP contribution in [0.4, 0.5) is 0 Å². The van der Waals surface area contributed by atoms with Gasteiger partial charge in [-0.05, 0) is 18.7 Å². The monoisotopic (exact) mass is 236 g/mol. The number of nitrogens with zero attached hydrogens (tertiary/aromatic N) is 1. The summed E-state index contributed by atoms with van der Waals surface area (Å²) in [7, 11) is 5.48. The summed E-state index contributed by atoms with van der Waals surface area (Å²) in [5.41, 5.74) is 8.35. The smallest absolute Gasteiger partial charge is 0.127 e. The van der Waals surface area contributed by atoms with Crippen LogP contribution in [0.15, 0.2) is 12.1 Å². The lowest BCUT2D eigenvalue weighted by Crippen LogP contribution is -2.34. The average Bonchev–Trinajstić information content (AvgIpc) is 2.36. The molecule has 4 heteroatoms. The maximum absolute atomic E-state index is 5.86. The molecule has 1 aromatic rings. The van der Waals surface area contributed by atoms with E-state index in [1.165, 1.54) is 11.1 Å². The highest BCUT2D eigenvalue weighted by molar-refractivity contribution is 5.49. The predicted octanol–water partition coefficient (Wildman–Crippen LogP) is 1.19.